The summed E-state index contributed by atoms with van der Waals surface area (Å²) in [6.07, 6.45) is 2.53. The van der Waals surface area contributed by atoms with E-state index in [-0.39, 0.29) is 64.2 Å². The molecule has 0 saturated carbocycles. The monoisotopic (exact) mass is 562 g/mol. The number of amides is 3. The fraction of sp³-hybridized carbons (Fsp3) is 0.250. The first kappa shape index (κ1) is 28.3. The van der Waals surface area contributed by atoms with Crippen molar-refractivity contribution in [1.29, 1.82) is 0 Å². The Balaban J connectivity index is 0.00000353. The predicted octanol–water partition coefficient (Wildman–Crippen LogP) is 0.152. The van der Waals surface area contributed by atoms with E-state index in [9.17, 15) is 34.6 Å². The van der Waals surface area contributed by atoms with Gasteiger partial charge in [-0.15, -0.1) is 11.3 Å². The molecule has 13 nitrogen and oxygen atoms in total. The Labute approximate surface area is 247 Å². The van der Waals surface area contributed by atoms with Crippen molar-refractivity contribution >= 4 is 81.1 Å². The van der Waals surface area contributed by atoms with Gasteiger partial charge in [0.25, 0.3) is 17.7 Å². The number of nitrogens with zero attached hydrogens (tertiary/aromatic N) is 4. The van der Waals surface area contributed by atoms with Gasteiger partial charge in [-0.1, -0.05) is 5.16 Å². The third-order valence-electron chi connectivity index (χ3n) is 6.68. The number of phenolic OH excluding ortho intramolecular Hbond substituents is 1. The maximum atomic E-state index is 13.0. The van der Waals surface area contributed by atoms with E-state index >= 15 is 0 Å². The molecule has 0 radical (unpaired) electrons. The van der Waals surface area contributed by atoms with Crippen molar-refractivity contribution in [3.05, 3.63) is 58.3 Å². The molecule has 0 spiro atoms. The molecule has 3 aliphatic heterocycles. The van der Waals surface area contributed by atoms with Crippen molar-refractivity contribution < 1.29 is 34.6 Å². The quantitative estimate of drug-likeness (QED) is 0.0812. The molecule has 3 aliphatic rings. The summed E-state index contributed by atoms with van der Waals surface area (Å²) in [6, 6.07) is 4.55. The van der Waals surface area contributed by atoms with E-state index in [2.05, 4.69) is 15.5 Å². The zero-order valence-electron chi connectivity index (χ0n) is 19.7. The van der Waals surface area contributed by atoms with Crippen LogP contribution in [0, 0.1) is 0 Å². The molecule has 2 fully saturated rings. The third kappa shape index (κ3) is 5.15. The summed E-state index contributed by atoms with van der Waals surface area (Å²) in [5.74, 6) is -3.01. The Kier molecular flexibility index (Phi) is 8.11. The second-order valence-corrected chi connectivity index (χ2v) is 9.75. The van der Waals surface area contributed by atoms with Crippen LogP contribution in [0.15, 0.2) is 57.7 Å². The molecule has 1 aromatic heterocycles. The summed E-state index contributed by atoms with van der Waals surface area (Å²) in [5, 5.41) is 35.8. The Morgan fingerprint density at radius 1 is 1.21 bits per heavy atom. The minimum atomic E-state index is -1.32. The molecule has 3 amide bonds. The number of aromatic nitrogens is 1. The van der Waals surface area contributed by atoms with Gasteiger partial charge in [-0.25, -0.2) is 9.78 Å². The first-order valence-electron chi connectivity index (χ1n) is 11.5. The predicted molar refractivity (Wildman–Crippen MR) is 142 cm³/mol. The number of phenols is 1. The number of carboxylic acid groups (broad SMARTS) is 1. The Bertz CT molecular complexity index is 1450. The van der Waals surface area contributed by atoms with Gasteiger partial charge >= 0.3 is 35.5 Å². The number of carbonyl (C=O) groups excluding carboxylic acids is 3. The normalized spacial score (nSPS) is 21.9. The number of nitrogen functional groups attached to an aromatic ring is 1. The van der Waals surface area contributed by atoms with Crippen LogP contribution >= 0.6 is 11.3 Å². The molecular formula is C24H23N6NaO7S. The van der Waals surface area contributed by atoms with Crippen LogP contribution in [0.2, 0.25) is 0 Å². The molecule has 0 unspecified atom stereocenters. The average molecular weight is 563 g/mol. The molecule has 0 bridgehead atoms. The number of thiazole rings is 1. The first-order chi connectivity index (χ1) is 18.2. The number of aliphatic carboxylic acids is 1. The van der Waals surface area contributed by atoms with Crippen LogP contribution in [0.4, 0.5) is 10.8 Å². The molecule has 2 saturated heterocycles. The van der Waals surface area contributed by atoms with E-state index in [1.54, 1.807) is 12.1 Å². The van der Waals surface area contributed by atoms with Crippen molar-refractivity contribution in [1.82, 2.24) is 15.2 Å². The van der Waals surface area contributed by atoms with Crippen molar-refractivity contribution in [3.63, 3.8) is 0 Å². The third-order valence-corrected chi connectivity index (χ3v) is 7.35. The van der Waals surface area contributed by atoms with Crippen LogP contribution in [0.25, 0.3) is 0 Å². The summed E-state index contributed by atoms with van der Waals surface area (Å²) in [4.78, 5) is 57.4. The number of carboxylic acids is 1. The maximum absolute atomic E-state index is 13.0. The van der Waals surface area contributed by atoms with Gasteiger partial charge in [-0.2, -0.15) is 0 Å². The standard InChI is InChI=1S/C24H22N6O7S.Na.H/c25-24-26-15(10-38-24)17(28-37)20(32)27-18-16-6-1-11(19(23(35)36)30(16)22(18)34)9-12-7-8-29(21(12)33)13-2-4-14(31)5-3-13;;/h2-5,9-10,16,18,31,37H,1,6-8H2,(H2,25,26)(H,27,32)(H,35,36);;/b12-9+,28-17-;;/t16-,18+;;/m1../s1. The molecule has 15 heteroatoms. The van der Waals surface area contributed by atoms with Gasteiger partial charge in [-0.3, -0.25) is 19.3 Å². The van der Waals surface area contributed by atoms with Crippen LogP contribution in [0.5, 0.6) is 5.75 Å². The Morgan fingerprint density at radius 3 is 2.54 bits per heavy atom. The van der Waals surface area contributed by atoms with Crippen molar-refractivity contribution in [2.75, 3.05) is 17.2 Å². The van der Waals surface area contributed by atoms with Crippen molar-refractivity contribution in [3.8, 4) is 5.75 Å². The molecule has 39 heavy (non-hydrogen) atoms. The topological polar surface area (TPSA) is 199 Å². The van der Waals surface area contributed by atoms with Crippen LogP contribution in [0.3, 0.4) is 0 Å². The van der Waals surface area contributed by atoms with Gasteiger partial charge in [0.1, 0.15) is 23.2 Å². The van der Waals surface area contributed by atoms with Crippen LogP contribution < -0.4 is 16.0 Å². The first-order valence-corrected chi connectivity index (χ1v) is 12.4. The zero-order chi connectivity index (χ0) is 27.1. The molecule has 1 aromatic carbocycles. The van der Waals surface area contributed by atoms with E-state index < -0.39 is 35.6 Å². The number of fused-ring (bicyclic) bond motifs is 1. The molecule has 4 heterocycles. The summed E-state index contributed by atoms with van der Waals surface area (Å²) in [5.41, 5.74) is 6.32. The number of hydrogen-bond acceptors (Lipinski definition) is 10. The number of nitrogens with two attached hydrogens (primary N) is 1. The minimum absolute atomic E-state index is 0. The van der Waals surface area contributed by atoms with Gasteiger partial charge in [0.2, 0.25) is 0 Å². The summed E-state index contributed by atoms with van der Waals surface area (Å²) in [6.45, 7) is 0.393. The molecule has 0 aliphatic carbocycles. The SMILES string of the molecule is Nc1nc(/C(=N/O)C(=O)N[C@@H]2C(=O)N3C(C(=O)O)=C(/C=C4\CCN(c5ccc(O)cc5)C4=O)CC[C@H]23)cs1.[NaH]. The van der Waals surface area contributed by atoms with Crippen molar-refractivity contribution in [2.45, 2.75) is 31.3 Å². The Morgan fingerprint density at radius 2 is 1.92 bits per heavy atom. The number of benzene rings is 1. The molecule has 2 aromatic rings. The van der Waals surface area contributed by atoms with E-state index in [0.717, 1.165) is 16.2 Å². The summed E-state index contributed by atoms with van der Waals surface area (Å²) < 4.78 is 0. The van der Waals surface area contributed by atoms with Crippen LogP contribution in [-0.2, 0) is 19.2 Å². The van der Waals surface area contributed by atoms with Crippen LogP contribution in [-0.4, -0.2) is 103 Å². The van der Waals surface area contributed by atoms with Gasteiger partial charge in [0.15, 0.2) is 10.8 Å². The zero-order valence-corrected chi connectivity index (χ0v) is 20.5. The summed E-state index contributed by atoms with van der Waals surface area (Å²) >= 11 is 1.04. The Hall–Kier alpha value is -3.72. The fourth-order valence-electron chi connectivity index (χ4n) is 4.89. The number of hydrogen-bond donors (Lipinski definition) is 5. The van der Waals surface area contributed by atoms with Gasteiger partial charge in [0.05, 0.1) is 6.04 Å². The second-order valence-electron chi connectivity index (χ2n) is 8.86. The average Bonchev–Trinajstić information content (AvgIpc) is 3.48. The second kappa shape index (κ2) is 11.2. The number of anilines is 2. The van der Waals surface area contributed by atoms with Gasteiger partial charge in [0, 0.05) is 23.2 Å². The van der Waals surface area contributed by atoms with E-state index in [4.69, 9.17) is 5.73 Å². The van der Waals surface area contributed by atoms with E-state index in [0.29, 0.717) is 36.2 Å². The number of aromatic hydroxyl groups is 1. The number of nitrogens with one attached hydrogen (secondary N) is 1. The number of oxime groups is 1. The number of allylic oxidation sites excluding steroid dienone is 2. The summed E-state index contributed by atoms with van der Waals surface area (Å²) in [7, 11) is 0. The molecular weight excluding hydrogens is 539 g/mol. The molecule has 6 N–H and O–H groups in total. The van der Waals surface area contributed by atoms with Gasteiger partial charge < -0.3 is 31.4 Å². The number of carbonyl (C=O) groups is 4. The molecule has 2 atom stereocenters. The van der Waals surface area contributed by atoms with E-state index in [1.807, 2.05) is 0 Å². The molecule has 5 rings (SSSR count). The van der Waals surface area contributed by atoms with Gasteiger partial charge in [-0.05, 0) is 55.2 Å². The van der Waals surface area contributed by atoms with Crippen molar-refractivity contribution in [2.24, 2.45) is 5.16 Å². The van der Waals surface area contributed by atoms with Crippen LogP contribution in [0.1, 0.15) is 25.0 Å². The van der Waals surface area contributed by atoms with E-state index in [1.165, 1.54) is 28.5 Å². The fourth-order valence-corrected chi connectivity index (χ4v) is 5.44. The molecule has 198 valence electrons. The number of rotatable bonds is 6. The number of β-lactam (4-membered cyclic amide) rings is 1.